The highest BCUT2D eigenvalue weighted by Gasteiger charge is 2.19. The summed E-state index contributed by atoms with van der Waals surface area (Å²) in [4.78, 5) is 0. The van der Waals surface area contributed by atoms with Crippen LogP contribution in [0.15, 0.2) is 0 Å². The van der Waals surface area contributed by atoms with Crippen LogP contribution in [0.2, 0.25) is 0 Å². The lowest BCUT2D eigenvalue weighted by atomic mass is 9.85. The standard InChI is InChI=1S/C15H31N/c1-4-14-11-9-7-5-6-8-10-12-15(2,3)13-16-14/h14,16H,4-13H2,1-3H3. The number of hydrogen-bond acceptors (Lipinski definition) is 1. The van der Waals surface area contributed by atoms with Crippen LogP contribution in [0.1, 0.15) is 78.6 Å². The Morgan fingerprint density at radius 2 is 1.62 bits per heavy atom. The summed E-state index contributed by atoms with van der Waals surface area (Å²) in [6.45, 7) is 8.35. The van der Waals surface area contributed by atoms with Crippen molar-refractivity contribution in [2.24, 2.45) is 5.41 Å². The van der Waals surface area contributed by atoms with Crippen molar-refractivity contribution in [2.45, 2.75) is 84.6 Å². The third kappa shape index (κ3) is 5.89. The highest BCUT2D eigenvalue weighted by atomic mass is 14.9. The Balaban J connectivity index is 2.40. The van der Waals surface area contributed by atoms with Crippen molar-refractivity contribution in [3.05, 3.63) is 0 Å². The van der Waals surface area contributed by atoms with Gasteiger partial charge in [0.25, 0.3) is 0 Å². The molecule has 0 amide bonds. The Bertz CT molecular complexity index is 174. The maximum Gasteiger partial charge on any atom is 0.00646 e. The molecule has 1 heterocycles. The van der Waals surface area contributed by atoms with Gasteiger partial charge < -0.3 is 5.32 Å². The lowest BCUT2D eigenvalue weighted by molar-refractivity contribution is 0.274. The minimum Gasteiger partial charge on any atom is -0.313 e. The predicted molar refractivity (Wildman–Crippen MR) is 72.8 cm³/mol. The first-order chi connectivity index (χ1) is 7.64. The zero-order valence-corrected chi connectivity index (χ0v) is 11.6. The predicted octanol–water partition coefficient (Wildman–Crippen LogP) is 4.52. The minimum absolute atomic E-state index is 0.493. The molecule has 1 unspecified atom stereocenters. The molecule has 1 saturated heterocycles. The van der Waals surface area contributed by atoms with Crippen molar-refractivity contribution in [3.8, 4) is 0 Å². The Labute approximate surface area is 102 Å². The van der Waals surface area contributed by atoms with Gasteiger partial charge in [-0.2, -0.15) is 0 Å². The van der Waals surface area contributed by atoms with E-state index in [4.69, 9.17) is 0 Å². The van der Waals surface area contributed by atoms with Crippen molar-refractivity contribution in [2.75, 3.05) is 6.54 Å². The third-order valence-corrected chi connectivity index (χ3v) is 4.02. The largest absolute Gasteiger partial charge is 0.313 e. The molecular formula is C15H31N. The fourth-order valence-electron chi connectivity index (χ4n) is 2.66. The summed E-state index contributed by atoms with van der Waals surface area (Å²) >= 11 is 0. The van der Waals surface area contributed by atoms with E-state index >= 15 is 0 Å². The van der Waals surface area contributed by atoms with Gasteiger partial charge in [-0.05, 0) is 24.7 Å². The number of hydrogen-bond donors (Lipinski definition) is 1. The van der Waals surface area contributed by atoms with Crippen molar-refractivity contribution >= 4 is 0 Å². The van der Waals surface area contributed by atoms with Gasteiger partial charge in [0.2, 0.25) is 0 Å². The number of nitrogens with one attached hydrogen (secondary N) is 1. The highest BCUT2D eigenvalue weighted by Crippen LogP contribution is 2.24. The van der Waals surface area contributed by atoms with Crippen LogP contribution in [-0.2, 0) is 0 Å². The topological polar surface area (TPSA) is 12.0 Å². The van der Waals surface area contributed by atoms with Crippen LogP contribution in [0.5, 0.6) is 0 Å². The smallest absolute Gasteiger partial charge is 0.00646 e. The van der Waals surface area contributed by atoms with E-state index in [0.717, 1.165) is 6.04 Å². The van der Waals surface area contributed by atoms with E-state index in [1.807, 2.05) is 0 Å². The van der Waals surface area contributed by atoms with Crippen molar-refractivity contribution in [1.29, 1.82) is 0 Å². The van der Waals surface area contributed by atoms with Crippen LogP contribution in [-0.4, -0.2) is 12.6 Å². The Morgan fingerprint density at radius 3 is 2.31 bits per heavy atom. The molecule has 0 aliphatic carbocycles. The van der Waals surface area contributed by atoms with Crippen LogP contribution < -0.4 is 5.32 Å². The van der Waals surface area contributed by atoms with Gasteiger partial charge in [-0.15, -0.1) is 0 Å². The molecule has 1 atom stereocenters. The molecule has 0 radical (unpaired) electrons. The van der Waals surface area contributed by atoms with Gasteiger partial charge in [0.1, 0.15) is 0 Å². The monoisotopic (exact) mass is 225 g/mol. The van der Waals surface area contributed by atoms with E-state index in [1.54, 1.807) is 0 Å². The van der Waals surface area contributed by atoms with Crippen molar-refractivity contribution < 1.29 is 0 Å². The van der Waals surface area contributed by atoms with Crippen molar-refractivity contribution in [3.63, 3.8) is 0 Å². The molecule has 1 heteroatoms. The molecule has 0 aromatic heterocycles. The zero-order chi connectivity index (χ0) is 11.9. The van der Waals surface area contributed by atoms with Gasteiger partial charge in [-0.25, -0.2) is 0 Å². The Hall–Kier alpha value is -0.0400. The molecule has 96 valence electrons. The SMILES string of the molecule is CCC1CCCCCCCCC(C)(C)CN1. The average molecular weight is 225 g/mol. The molecule has 16 heavy (non-hydrogen) atoms. The van der Waals surface area contributed by atoms with Gasteiger partial charge >= 0.3 is 0 Å². The molecule has 1 N–H and O–H groups in total. The van der Waals surface area contributed by atoms with Crippen LogP contribution in [0.3, 0.4) is 0 Å². The number of rotatable bonds is 1. The second-order valence-electron chi connectivity index (χ2n) is 6.31. The van der Waals surface area contributed by atoms with Gasteiger partial charge in [0.05, 0.1) is 0 Å². The second-order valence-corrected chi connectivity index (χ2v) is 6.31. The highest BCUT2D eigenvalue weighted by molar-refractivity contribution is 4.75. The van der Waals surface area contributed by atoms with Crippen LogP contribution in [0.4, 0.5) is 0 Å². The first-order valence-electron chi connectivity index (χ1n) is 7.37. The third-order valence-electron chi connectivity index (χ3n) is 4.02. The van der Waals surface area contributed by atoms with E-state index in [-0.39, 0.29) is 0 Å². The van der Waals surface area contributed by atoms with E-state index < -0.39 is 0 Å². The molecule has 0 spiro atoms. The molecule has 1 nitrogen and oxygen atoms in total. The fraction of sp³-hybridized carbons (Fsp3) is 1.00. The van der Waals surface area contributed by atoms with E-state index in [1.165, 1.54) is 64.3 Å². The normalized spacial score (nSPS) is 29.1. The summed E-state index contributed by atoms with van der Waals surface area (Å²) in [5, 5.41) is 3.78. The summed E-state index contributed by atoms with van der Waals surface area (Å²) in [5.74, 6) is 0. The molecule has 1 aliphatic rings. The van der Waals surface area contributed by atoms with Gasteiger partial charge in [-0.3, -0.25) is 0 Å². The molecule has 0 aromatic carbocycles. The zero-order valence-electron chi connectivity index (χ0n) is 11.6. The lowest BCUT2D eigenvalue weighted by Crippen LogP contribution is -2.36. The molecule has 1 rings (SSSR count). The summed E-state index contributed by atoms with van der Waals surface area (Å²) < 4.78 is 0. The van der Waals surface area contributed by atoms with Crippen LogP contribution in [0, 0.1) is 5.41 Å². The molecule has 1 fully saturated rings. The van der Waals surface area contributed by atoms with Gasteiger partial charge in [-0.1, -0.05) is 59.3 Å². The molecule has 1 aliphatic heterocycles. The maximum absolute atomic E-state index is 3.78. The van der Waals surface area contributed by atoms with Crippen LogP contribution >= 0.6 is 0 Å². The summed E-state index contributed by atoms with van der Waals surface area (Å²) in [6, 6.07) is 0.763. The average Bonchev–Trinajstić information content (AvgIpc) is 2.24. The molecule has 0 bridgehead atoms. The lowest BCUT2D eigenvalue weighted by Gasteiger charge is -2.29. The molecule has 0 aromatic rings. The van der Waals surface area contributed by atoms with E-state index in [0.29, 0.717) is 5.41 Å². The quantitative estimate of drug-likeness (QED) is 0.692. The van der Waals surface area contributed by atoms with Crippen LogP contribution in [0.25, 0.3) is 0 Å². The Kier molecular flexibility index (Phi) is 6.41. The van der Waals surface area contributed by atoms with E-state index in [9.17, 15) is 0 Å². The first kappa shape index (κ1) is 14.0. The maximum atomic E-state index is 3.78. The van der Waals surface area contributed by atoms with E-state index in [2.05, 4.69) is 26.1 Å². The van der Waals surface area contributed by atoms with Gasteiger partial charge in [0, 0.05) is 12.6 Å². The first-order valence-corrected chi connectivity index (χ1v) is 7.37. The minimum atomic E-state index is 0.493. The fourth-order valence-corrected chi connectivity index (χ4v) is 2.66. The Morgan fingerprint density at radius 1 is 1.00 bits per heavy atom. The summed E-state index contributed by atoms with van der Waals surface area (Å²) in [7, 11) is 0. The van der Waals surface area contributed by atoms with Crippen molar-refractivity contribution in [1.82, 2.24) is 5.32 Å². The van der Waals surface area contributed by atoms with Gasteiger partial charge in [0.15, 0.2) is 0 Å². The summed E-state index contributed by atoms with van der Waals surface area (Å²) in [6.07, 6.45) is 12.7. The molecular weight excluding hydrogens is 194 g/mol. The summed E-state index contributed by atoms with van der Waals surface area (Å²) in [5.41, 5.74) is 0.493. The second kappa shape index (κ2) is 7.32. The molecule has 0 saturated carbocycles.